The van der Waals surface area contributed by atoms with Crippen molar-refractivity contribution < 1.29 is 9.90 Å². The summed E-state index contributed by atoms with van der Waals surface area (Å²) in [4.78, 5) is 9.66. The zero-order valence-electron chi connectivity index (χ0n) is 3.76. The van der Waals surface area contributed by atoms with Gasteiger partial charge < -0.3 is 5.11 Å². The standard InChI is InChI=1S/C4H2ClNO2/c5-3(2-6)1-4(7)8/h1H,(H,7,8). The number of allylic oxidation sites excluding steroid dienone is 1. The molecule has 0 fully saturated rings. The first-order chi connectivity index (χ1) is 3.66. The van der Waals surface area contributed by atoms with Gasteiger partial charge in [-0.15, -0.1) is 0 Å². The zero-order chi connectivity index (χ0) is 6.57. The number of rotatable bonds is 1. The first-order valence-corrected chi connectivity index (χ1v) is 2.05. The van der Waals surface area contributed by atoms with Crippen molar-refractivity contribution in [1.82, 2.24) is 0 Å². The number of carboxylic acids is 1. The monoisotopic (exact) mass is 131 g/mol. The molecule has 0 aliphatic heterocycles. The van der Waals surface area contributed by atoms with E-state index in [1.54, 1.807) is 0 Å². The zero-order valence-corrected chi connectivity index (χ0v) is 4.51. The summed E-state index contributed by atoms with van der Waals surface area (Å²) in [7, 11) is 0. The quantitative estimate of drug-likeness (QED) is 0.421. The Labute approximate surface area is 50.8 Å². The number of aliphatic carboxylic acids is 1. The van der Waals surface area contributed by atoms with Crippen LogP contribution in [0, 0.1) is 11.3 Å². The molecule has 0 amide bonds. The van der Waals surface area contributed by atoms with Crippen LogP contribution < -0.4 is 0 Å². The minimum absolute atomic E-state index is 0.322. The molecule has 0 saturated heterocycles. The molecule has 0 aliphatic rings. The van der Waals surface area contributed by atoms with Gasteiger partial charge in [-0.25, -0.2) is 4.79 Å². The maximum atomic E-state index is 9.66. The van der Waals surface area contributed by atoms with E-state index in [-0.39, 0.29) is 5.03 Å². The van der Waals surface area contributed by atoms with Crippen molar-refractivity contribution in [3.8, 4) is 6.07 Å². The largest absolute Gasteiger partial charge is 0.478 e. The van der Waals surface area contributed by atoms with Crippen LogP contribution in [0.1, 0.15) is 0 Å². The Kier molecular flexibility index (Phi) is 2.67. The molecule has 4 heteroatoms. The molecule has 0 aliphatic carbocycles. The van der Waals surface area contributed by atoms with Crippen LogP contribution >= 0.6 is 11.6 Å². The molecule has 0 rings (SSSR count). The Morgan fingerprint density at radius 2 is 2.38 bits per heavy atom. The van der Waals surface area contributed by atoms with Crippen molar-refractivity contribution in [2.75, 3.05) is 0 Å². The number of carbonyl (C=O) groups is 1. The SMILES string of the molecule is N#CC(Cl)=CC(=O)O. The van der Waals surface area contributed by atoms with Crippen LogP contribution in [0.4, 0.5) is 0 Å². The first kappa shape index (κ1) is 6.99. The summed E-state index contributed by atoms with van der Waals surface area (Å²) < 4.78 is 0. The predicted molar refractivity (Wildman–Crippen MR) is 27.2 cm³/mol. The van der Waals surface area contributed by atoms with Gasteiger partial charge in [0.05, 0.1) is 6.08 Å². The van der Waals surface area contributed by atoms with E-state index in [1.807, 2.05) is 0 Å². The summed E-state index contributed by atoms with van der Waals surface area (Å²) in [5.41, 5.74) is 0. The van der Waals surface area contributed by atoms with E-state index in [2.05, 4.69) is 0 Å². The molecular formula is C4H2ClNO2. The Morgan fingerprint density at radius 1 is 1.88 bits per heavy atom. The lowest BCUT2D eigenvalue weighted by atomic mass is 10.5. The Morgan fingerprint density at radius 3 is 2.50 bits per heavy atom. The van der Waals surface area contributed by atoms with Crippen LogP contribution in [0.5, 0.6) is 0 Å². The molecule has 0 radical (unpaired) electrons. The molecule has 0 unspecified atom stereocenters. The molecule has 3 nitrogen and oxygen atoms in total. The van der Waals surface area contributed by atoms with Gasteiger partial charge in [0.15, 0.2) is 0 Å². The van der Waals surface area contributed by atoms with Gasteiger partial charge in [-0.3, -0.25) is 0 Å². The van der Waals surface area contributed by atoms with Gasteiger partial charge in [-0.2, -0.15) is 5.26 Å². The minimum Gasteiger partial charge on any atom is -0.478 e. The summed E-state index contributed by atoms with van der Waals surface area (Å²) in [6.45, 7) is 0. The fraction of sp³-hybridized carbons (Fsp3) is 0. The fourth-order valence-corrected chi connectivity index (χ4v) is 0.234. The third-order valence-corrected chi connectivity index (χ3v) is 0.551. The van der Waals surface area contributed by atoms with E-state index in [0.29, 0.717) is 6.08 Å². The lowest BCUT2D eigenvalue weighted by molar-refractivity contribution is -0.131. The van der Waals surface area contributed by atoms with Gasteiger partial charge in [0.1, 0.15) is 11.1 Å². The van der Waals surface area contributed by atoms with Crippen LogP contribution in [0.15, 0.2) is 11.1 Å². The smallest absolute Gasteiger partial charge is 0.330 e. The van der Waals surface area contributed by atoms with E-state index in [4.69, 9.17) is 22.0 Å². The molecule has 0 atom stereocenters. The van der Waals surface area contributed by atoms with Crippen LogP contribution in [-0.2, 0) is 4.79 Å². The normalized spacial score (nSPS) is 10.2. The Hall–Kier alpha value is -1.01. The number of carboxylic acid groups (broad SMARTS) is 1. The summed E-state index contributed by atoms with van der Waals surface area (Å²) in [6, 6.07) is 1.44. The second kappa shape index (κ2) is 3.05. The third-order valence-electron chi connectivity index (χ3n) is 0.357. The number of hydrogen-bond acceptors (Lipinski definition) is 2. The van der Waals surface area contributed by atoms with Crippen molar-refractivity contribution >= 4 is 17.6 Å². The van der Waals surface area contributed by atoms with Gasteiger partial charge in [0.25, 0.3) is 0 Å². The van der Waals surface area contributed by atoms with Gasteiger partial charge in [-0.05, 0) is 0 Å². The molecule has 0 bridgehead atoms. The van der Waals surface area contributed by atoms with E-state index in [0.717, 1.165) is 0 Å². The molecule has 8 heavy (non-hydrogen) atoms. The van der Waals surface area contributed by atoms with Crippen molar-refractivity contribution in [3.05, 3.63) is 11.1 Å². The Bertz CT molecular complexity index is 167. The van der Waals surface area contributed by atoms with Crippen LogP contribution in [0.25, 0.3) is 0 Å². The highest BCUT2D eigenvalue weighted by molar-refractivity contribution is 6.33. The second-order valence-corrected chi connectivity index (χ2v) is 1.35. The van der Waals surface area contributed by atoms with Gasteiger partial charge in [0.2, 0.25) is 0 Å². The Balaban J connectivity index is 4.01. The highest BCUT2D eigenvalue weighted by Gasteiger charge is 1.91. The summed E-state index contributed by atoms with van der Waals surface area (Å²) in [5.74, 6) is -1.21. The maximum absolute atomic E-state index is 9.66. The van der Waals surface area contributed by atoms with Crippen molar-refractivity contribution in [1.29, 1.82) is 5.26 Å². The lowest BCUT2D eigenvalue weighted by Crippen LogP contribution is -1.86. The average Bonchev–Trinajstić information content (AvgIpc) is 1.65. The first-order valence-electron chi connectivity index (χ1n) is 1.67. The van der Waals surface area contributed by atoms with Gasteiger partial charge >= 0.3 is 5.97 Å². The van der Waals surface area contributed by atoms with Gasteiger partial charge in [0, 0.05) is 0 Å². The maximum Gasteiger partial charge on any atom is 0.330 e. The van der Waals surface area contributed by atoms with E-state index >= 15 is 0 Å². The fourth-order valence-electron chi connectivity index (χ4n) is 0.141. The summed E-state index contributed by atoms with van der Waals surface area (Å²) in [5, 5.41) is 15.5. The van der Waals surface area contributed by atoms with Gasteiger partial charge in [-0.1, -0.05) is 11.6 Å². The highest BCUT2D eigenvalue weighted by Crippen LogP contribution is 1.95. The predicted octanol–water partition coefficient (Wildman–Crippen LogP) is 0.717. The van der Waals surface area contributed by atoms with Crippen molar-refractivity contribution in [3.63, 3.8) is 0 Å². The highest BCUT2D eigenvalue weighted by atomic mass is 35.5. The second-order valence-electron chi connectivity index (χ2n) is 0.942. The summed E-state index contributed by atoms with van der Waals surface area (Å²) >= 11 is 4.98. The molecule has 0 aromatic heterocycles. The molecule has 0 spiro atoms. The molecule has 42 valence electrons. The van der Waals surface area contributed by atoms with Crippen LogP contribution in [0.2, 0.25) is 0 Å². The molecule has 0 saturated carbocycles. The number of nitrogens with zero attached hydrogens (tertiary/aromatic N) is 1. The topological polar surface area (TPSA) is 61.1 Å². The van der Waals surface area contributed by atoms with E-state index < -0.39 is 5.97 Å². The van der Waals surface area contributed by atoms with Crippen molar-refractivity contribution in [2.45, 2.75) is 0 Å². The molecule has 0 heterocycles. The molecule has 0 aromatic rings. The van der Waals surface area contributed by atoms with Crippen LogP contribution in [-0.4, -0.2) is 11.1 Å². The van der Waals surface area contributed by atoms with E-state index in [9.17, 15) is 4.79 Å². The molecule has 1 N–H and O–H groups in total. The lowest BCUT2D eigenvalue weighted by Gasteiger charge is -1.75. The molecule has 0 aromatic carbocycles. The number of nitriles is 1. The number of halogens is 1. The third kappa shape index (κ3) is 3.19. The molecular weight excluding hydrogens is 130 g/mol. The van der Waals surface area contributed by atoms with Crippen molar-refractivity contribution in [2.24, 2.45) is 0 Å². The van der Waals surface area contributed by atoms with Crippen LogP contribution in [0.3, 0.4) is 0 Å². The average molecular weight is 132 g/mol. The number of hydrogen-bond donors (Lipinski definition) is 1. The van der Waals surface area contributed by atoms with E-state index in [1.165, 1.54) is 6.07 Å². The summed E-state index contributed by atoms with van der Waals surface area (Å²) in [6.07, 6.45) is 0.627. The minimum atomic E-state index is -1.21.